The summed E-state index contributed by atoms with van der Waals surface area (Å²) in [6.45, 7) is 7.53. The second kappa shape index (κ2) is 9.16. The Bertz CT molecular complexity index is 950. The average Bonchev–Trinajstić information content (AvgIpc) is 2.69. The molecule has 29 heavy (non-hydrogen) atoms. The molecule has 0 bridgehead atoms. The largest absolute Gasteiger partial charge is 0.380 e. The predicted octanol–water partition coefficient (Wildman–Crippen LogP) is 3.66. The van der Waals surface area contributed by atoms with E-state index in [9.17, 15) is 9.59 Å². The molecule has 0 saturated heterocycles. The van der Waals surface area contributed by atoms with Gasteiger partial charge in [-0.05, 0) is 36.1 Å². The summed E-state index contributed by atoms with van der Waals surface area (Å²) in [6, 6.07) is 15.7. The first-order chi connectivity index (χ1) is 13.6. The minimum Gasteiger partial charge on any atom is -0.380 e. The Balaban J connectivity index is 2.15. The van der Waals surface area contributed by atoms with Crippen molar-refractivity contribution in [2.75, 3.05) is 5.32 Å². The standard InChI is InChI=1S/C23H26N4O2/c1-15(28)21(23(2,3)4)27-22(29)20(25)18-7-5-6-8-19(18)26-14-17-11-9-16(13-24)10-12-17/h5-12,21,25-26H,14H2,1-4H3,(H,27,29). The summed E-state index contributed by atoms with van der Waals surface area (Å²) in [7, 11) is 0. The van der Waals surface area contributed by atoms with Crippen LogP contribution in [0.15, 0.2) is 48.5 Å². The molecule has 0 aromatic heterocycles. The molecule has 6 heteroatoms. The van der Waals surface area contributed by atoms with Gasteiger partial charge in [0.05, 0.1) is 17.7 Å². The number of nitriles is 1. The van der Waals surface area contributed by atoms with Gasteiger partial charge >= 0.3 is 0 Å². The van der Waals surface area contributed by atoms with Crippen LogP contribution >= 0.6 is 0 Å². The van der Waals surface area contributed by atoms with Crippen molar-refractivity contribution in [2.24, 2.45) is 5.41 Å². The molecule has 0 aliphatic heterocycles. The molecule has 0 radical (unpaired) electrons. The van der Waals surface area contributed by atoms with Crippen LogP contribution in [-0.4, -0.2) is 23.4 Å². The van der Waals surface area contributed by atoms with Crippen molar-refractivity contribution in [1.29, 1.82) is 10.7 Å². The average molecular weight is 390 g/mol. The van der Waals surface area contributed by atoms with Crippen LogP contribution in [0, 0.1) is 22.2 Å². The minimum absolute atomic E-state index is 0.147. The van der Waals surface area contributed by atoms with E-state index in [1.165, 1.54) is 6.92 Å². The van der Waals surface area contributed by atoms with Gasteiger partial charge in [-0.1, -0.05) is 51.1 Å². The van der Waals surface area contributed by atoms with Crippen LogP contribution in [0.4, 0.5) is 5.69 Å². The lowest BCUT2D eigenvalue weighted by Crippen LogP contribution is -2.50. The van der Waals surface area contributed by atoms with Crippen molar-refractivity contribution in [2.45, 2.75) is 40.3 Å². The first-order valence-electron chi connectivity index (χ1n) is 9.35. The number of amides is 1. The number of ketones is 1. The molecule has 0 saturated carbocycles. The van der Waals surface area contributed by atoms with E-state index in [1.807, 2.05) is 39.0 Å². The highest BCUT2D eigenvalue weighted by atomic mass is 16.2. The third-order valence-corrected chi connectivity index (χ3v) is 4.54. The van der Waals surface area contributed by atoms with Crippen molar-refractivity contribution >= 4 is 23.1 Å². The maximum Gasteiger partial charge on any atom is 0.270 e. The zero-order valence-electron chi connectivity index (χ0n) is 17.2. The van der Waals surface area contributed by atoms with Gasteiger partial charge in [0.25, 0.3) is 5.91 Å². The molecule has 1 unspecified atom stereocenters. The van der Waals surface area contributed by atoms with E-state index in [0.29, 0.717) is 23.4 Å². The molecular weight excluding hydrogens is 364 g/mol. The zero-order chi connectivity index (χ0) is 21.6. The van der Waals surface area contributed by atoms with Gasteiger partial charge in [-0.2, -0.15) is 5.26 Å². The fraction of sp³-hybridized carbons (Fsp3) is 0.304. The third kappa shape index (κ3) is 5.76. The Morgan fingerprint density at radius 2 is 1.72 bits per heavy atom. The maximum absolute atomic E-state index is 12.7. The first-order valence-corrected chi connectivity index (χ1v) is 9.35. The summed E-state index contributed by atoms with van der Waals surface area (Å²) in [5, 5.41) is 23.2. The van der Waals surface area contributed by atoms with Gasteiger partial charge < -0.3 is 10.6 Å². The van der Waals surface area contributed by atoms with Gasteiger partial charge in [-0.15, -0.1) is 0 Å². The Hall–Kier alpha value is -3.46. The monoisotopic (exact) mass is 390 g/mol. The molecule has 0 heterocycles. The number of anilines is 1. The van der Waals surface area contributed by atoms with Gasteiger partial charge in [0, 0.05) is 17.8 Å². The van der Waals surface area contributed by atoms with E-state index in [0.717, 1.165) is 5.56 Å². The highest BCUT2D eigenvalue weighted by Gasteiger charge is 2.31. The Labute approximate surface area is 171 Å². The highest BCUT2D eigenvalue weighted by Crippen LogP contribution is 2.21. The summed E-state index contributed by atoms with van der Waals surface area (Å²) in [5.74, 6) is -0.737. The number of nitrogens with zero attached hydrogens (tertiary/aromatic N) is 1. The molecule has 2 aromatic carbocycles. The van der Waals surface area contributed by atoms with E-state index >= 15 is 0 Å². The van der Waals surface area contributed by atoms with Crippen LogP contribution in [0.25, 0.3) is 0 Å². The van der Waals surface area contributed by atoms with Crippen molar-refractivity contribution < 1.29 is 9.59 Å². The number of hydrogen-bond acceptors (Lipinski definition) is 5. The smallest absolute Gasteiger partial charge is 0.270 e. The van der Waals surface area contributed by atoms with Crippen LogP contribution in [0.3, 0.4) is 0 Å². The molecule has 1 amide bonds. The molecule has 0 fully saturated rings. The Morgan fingerprint density at radius 1 is 1.10 bits per heavy atom. The number of carbonyl (C=O) groups excluding carboxylic acids is 2. The van der Waals surface area contributed by atoms with E-state index in [4.69, 9.17) is 10.7 Å². The Kier molecular flexibility index (Phi) is 6.89. The summed E-state index contributed by atoms with van der Waals surface area (Å²) in [6.07, 6.45) is 0. The molecule has 0 aliphatic rings. The summed E-state index contributed by atoms with van der Waals surface area (Å²) in [4.78, 5) is 24.6. The van der Waals surface area contributed by atoms with E-state index in [-0.39, 0.29) is 11.5 Å². The van der Waals surface area contributed by atoms with Crippen LogP contribution in [-0.2, 0) is 16.1 Å². The lowest BCUT2D eigenvalue weighted by molar-refractivity contribution is -0.126. The van der Waals surface area contributed by atoms with Crippen LogP contribution in [0.1, 0.15) is 44.4 Å². The number of para-hydroxylation sites is 1. The SMILES string of the molecule is CC(=O)C(NC(=O)C(=N)c1ccccc1NCc1ccc(C#N)cc1)C(C)(C)C. The lowest BCUT2D eigenvalue weighted by Gasteiger charge is -2.29. The van der Waals surface area contributed by atoms with Crippen molar-refractivity contribution in [1.82, 2.24) is 5.32 Å². The van der Waals surface area contributed by atoms with E-state index in [1.54, 1.807) is 30.3 Å². The lowest BCUT2D eigenvalue weighted by atomic mass is 9.84. The van der Waals surface area contributed by atoms with Gasteiger partial charge in [0.15, 0.2) is 5.78 Å². The molecule has 2 rings (SSSR count). The summed E-state index contributed by atoms with van der Waals surface area (Å²) >= 11 is 0. The van der Waals surface area contributed by atoms with Crippen LogP contribution in [0.5, 0.6) is 0 Å². The fourth-order valence-electron chi connectivity index (χ4n) is 3.00. The van der Waals surface area contributed by atoms with Crippen molar-refractivity contribution in [3.8, 4) is 6.07 Å². The molecule has 3 N–H and O–H groups in total. The number of Topliss-reactive ketones (excluding diaryl/α,β-unsaturated/α-hetero) is 1. The number of hydrogen-bond donors (Lipinski definition) is 3. The van der Waals surface area contributed by atoms with Gasteiger partial charge in [-0.25, -0.2) is 0 Å². The second-order valence-electron chi connectivity index (χ2n) is 7.97. The van der Waals surface area contributed by atoms with Gasteiger partial charge in [0.1, 0.15) is 5.71 Å². The summed E-state index contributed by atoms with van der Waals surface area (Å²) in [5.41, 5.74) is 2.01. The summed E-state index contributed by atoms with van der Waals surface area (Å²) < 4.78 is 0. The quantitative estimate of drug-likeness (QED) is 0.627. The number of benzene rings is 2. The van der Waals surface area contributed by atoms with Crippen molar-refractivity contribution in [3.63, 3.8) is 0 Å². The van der Waals surface area contributed by atoms with Crippen molar-refractivity contribution in [3.05, 3.63) is 65.2 Å². The number of nitrogens with one attached hydrogen (secondary N) is 3. The molecule has 0 aliphatic carbocycles. The molecular formula is C23H26N4O2. The molecule has 150 valence electrons. The maximum atomic E-state index is 12.7. The van der Waals surface area contributed by atoms with Crippen LogP contribution < -0.4 is 10.6 Å². The van der Waals surface area contributed by atoms with Crippen LogP contribution in [0.2, 0.25) is 0 Å². The highest BCUT2D eigenvalue weighted by molar-refractivity contribution is 6.45. The molecule has 0 spiro atoms. The first kappa shape index (κ1) is 21.8. The topological polar surface area (TPSA) is 106 Å². The molecule has 6 nitrogen and oxygen atoms in total. The van der Waals surface area contributed by atoms with Gasteiger partial charge in [-0.3, -0.25) is 15.0 Å². The molecule has 1 atom stereocenters. The fourth-order valence-corrected chi connectivity index (χ4v) is 3.00. The third-order valence-electron chi connectivity index (χ3n) is 4.54. The predicted molar refractivity (Wildman–Crippen MR) is 114 cm³/mol. The van der Waals surface area contributed by atoms with E-state index in [2.05, 4.69) is 16.7 Å². The number of rotatable bonds is 7. The Morgan fingerprint density at radius 3 is 2.28 bits per heavy atom. The van der Waals surface area contributed by atoms with E-state index < -0.39 is 17.4 Å². The second-order valence-corrected chi connectivity index (χ2v) is 7.97. The minimum atomic E-state index is -0.672. The normalized spacial score (nSPS) is 11.8. The van der Waals surface area contributed by atoms with Gasteiger partial charge in [0.2, 0.25) is 0 Å². The number of carbonyl (C=O) groups is 2. The molecule has 2 aromatic rings. The zero-order valence-corrected chi connectivity index (χ0v) is 17.2.